The molecule has 2 rings (SSSR count). The van der Waals surface area contributed by atoms with Crippen molar-refractivity contribution in [2.24, 2.45) is 23.2 Å². The third-order valence-electron chi connectivity index (χ3n) is 6.30. The fourth-order valence-electron chi connectivity index (χ4n) is 4.39. The van der Waals surface area contributed by atoms with Gasteiger partial charge in [-0.1, -0.05) is 52.2 Å². The molecule has 2 aliphatic rings. The van der Waals surface area contributed by atoms with Crippen LogP contribution < -0.4 is 0 Å². The second-order valence-corrected chi connectivity index (χ2v) is 9.06. The molecule has 4 atom stereocenters. The van der Waals surface area contributed by atoms with E-state index >= 15 is 0 Å². The number of unbranched alkanes of at least 4 members (excludes halogenated alkanes) is 1. The summed E-state index contributed by atoms with van der Waals surface area (Å²) in [4.78, 5) is 0. The Kier molecular flexibility index (Phi) is 7.33. The van der Waals surface area contributed by atoms with Crippen LogP contribution in [0.15, 0.2) is 12.2 Å². The van der Waals surface area contributed by atoms with Gasteiger partial charge in [0.2, 0.25) is 0 Å². The summed E-state index contributed by atoms with van der Waals surface area (Å²) in [7, 11) is 0. The van der Waals surface area contributed by atoms with Crippen molar-refractivity contribution in [3.05, 3.63) is 12.2 Å². The average molecular weight is 339 g/mol. The molecular formula is C21H38O3. The summed E-state index contributed by atoms with van der Waals surface area (Å²) in [5.74, 6) is 1.07. The summed E-state index contributed by atoms with van der Waals surface area (Å²) in [5.41, 5.74) is 0.138. The predicted octanol–water partition coefficient (Wildman–Crippen LogP) is 4.06. The maximum absolute atomic E-state index is 10.4. The van der Waals surface area contributed by atoms with E-state index in [0.717, 1.165) is 50.9 Å². The molecule has 0 spiro atoms. The molecule has 0 aromatic heterocycles. The van der Waals surface area contributed by atoms with E-state index in [1.54, 1.807) is 0 Å². The Morgan fingerprint density at radius 3 is 2.33 bits per heavy atom. The smallest absolute Gasteiger partial charge is 0.0864 e. The normalized spacial score (nSPS) is 40.7. The Morgan fingerprint density at radius 1 is 1.04 bits per heavy atom. The molecule has 2 saturated carbocycles. The Hall–Kier alpha value is -0.380. The van der Waals surface area contributed by atoms with E-state index in [-0.39, 0.29) is 23.4 Å². The van der Waals surface area contributed by atoms with Crippen molar-refractivity contribution < 1.29 is 15.3 Å². The summed E-state index contributed by atoms with van der Waals surface area (Å²) in [6.07, 6.45) is 12.4. The summed E-state index contributed by atoms with van der Waals surface area (Å²) in [5, 5.41) is 30.4. The highest BCUT2D eigenvalue weighted by Gasteiger charge is 2.40. The highest BCUT2D eigenvalue weighted by atomic mass is 16.3. The van der Waals surface area contributed by atoms with Crippen molar-refractivity contribution in [1.82, 2.24) is 0 Å². The van der Waals surface area contributed by atoms with Crippen LogP contribution in [-0.4, -0.2) is 33.6 Å². The molecule has 0 aromatic rings. The predicted molar refractivity (Wildman–Crippen MR) is 98.6 cm³/mol. The molecule has 3 N–H and O–H groups in total. The van der Waals surface area contributed by atoms with Crippen LogP contribution in [0.2, 0.25) is 0 Å². The number of hydrogen-bond acceptors (Lipinski definition) is 3. The van der Waals surface area contributed by atoms with Gasteiger partial charge in [0, 0.05) is 5.92 Å². The van der Waals surface area contributed by atoms with Gasteiger partial charge in [-0.05, 0) is 55.8 Å². The molecule has 0 saturated heterocycles. The number of rotatable bonds is 7. The minimum Gasteiger partial charge on any atom is -0.393 e. The highest BCUT2D eigenvalue weighted by Crippen LogP contribution is 2.40. The van der Waals surface area contributed by atoms with Gasteiger partial charge in [-0.3, -0.25) is 0 Å². The monoisotopic (exact) mass is 338 g/mol. The molecule has 0 unspecified atom stereocenters. The standard InChI is InChI=1S/C21H38O3/c1-15(2)6-4-5-7-16-14-17(20(24)19(16)23)8-11-21(3)12-9-18(22)10-13-21/h8,11,15-20,22-24H,4-7,9-10,12-14H2,1-3H3/b11-8-/t16-,17+,18?,19+,20-,21?/m0/s1. The molecule has 0 aromatic carbocycles. The van der Waals surface area contributed by atoms with Gasteiger partial charge >= 0.3 is 0 Å². The van der Waals surface area contributed by atoms with E-state index < -0.39 is 12.2 Å². The van der Waals surface area contributed by atoms with Crippen molar-refractivity contribution in [3.63, 3.8) is 0 Å². The van der Waals surface area contributed by atoms with E-state index in [0.29, 0.717) is 0 Å². The molecule has 3 nitrogen and oxygen atoms in total. The number of allylic oxidation sites excluding steroid dienone is 1. The van der Waals surface area contributed by atoms with Crippen molar-refractivity contribution in [2.45, 2.75) is 96.9 Å². The Balaban J connectivity index is 1.82. The van der Waals surface area contributed by atoms with Crippen LogP contribution >= 0.6 is 0 Å². The van der Waals surface area contributed by atoms with Crippen LogP contribution in [-0.2, 0) is 0 Å². The molecule has 2 fully saturated rings. The van der Waals surface area contributed by atoms with E-state index in [4.69, 9.17) is 0 Å². The molecule has 0 aliphatic heterocycles. The lowest BCUT2D eigenvalue weighted by Crippen LogP contribution is -2.28. The molecule has 0 amide bonds. The van der Waals surface area contributed by atoms with Gasteiger partial charge in [0.1, 0.15) is 0 Å². The van der Waals surface area contributed by atoms with Gasteiger partial charge < -0.3 is 15.3 Å². The SMILES string of the molecule is CC(C)CCCC[C@H]1C[C@@H](/C=C\C2(C)CCC(O)CC2)[C@H](O)[C@@H]1O. The quantitative estimate of drug-likeness (QED) is 0.484. The van der Waals surface area contributed by atoms with E-state index in [2.05, 4.69) is 32.9 Å². The first-order valence-electron chi connectivity index (χ1n) is 10.0. The molecular weight excluding hydrogens is 300 g/mol. The summed E-state index contributed by atoms with van der Waals surface area (Å²) in [6.45, 7) is 6.75. The Bertz CT molecular complexity index is 396. The van der Waals surface area contributed by atoms with Crippen LogP contribution in [0.3, 0.4) is 0 Å². The minimum atomic E-state index is -0.617. The second-order valence-electron chi connectivity index (χ2n) is 9.06. The lowest BCUT2D eigenvalue weighted by atomic mass is 9.74. The maximum atomic E-state index is 10.4. The first kappa shape index (κ1) is 19.9. The van der Waals surface area contributed by atoms with Gasteiger partial charge in [-0.2, -0.15) is 0 Å². The zero-order valence-corrected chi connectivity index (χ0v) is 15.8. The molecule has 2 aliphatic carbocycles. The van der Waals surface area contributed by atoms with Crippen LogP contribution in [0.1, 0.15) is 78.6 Å². The van der Waals surface area contributed by atoms with Crippen LogP contribution in [0, 0.1) is 23.2 Å². The summed E-state index contributed by atoms with van der Waals surface area (Å²) < 4.78 is 0. The lowest BCUT2D eigenvalue weighted by molar-refractivity contribution is 0.00855. The second kappa shape index (κ2) is 8.82. The minimum absolute atomic E-state index is 0.0822. The van der Waals surface area contributed by atoms with Crippen molar-refractivity contribution in [1.29, 1.82) is 0 Å². The number of hydrogen-bond donors (Lipinski definition) is 3. The van der Waals surface area contributed by atoms with Crippen LogP contribution in [0.5, 0.6) is 0 Å². The Labute approximate surface area is 148 Å². The maximum Gasteiger partial charge on any atom is 0.0864 e. The molecule has 0 radical (unpaired) electrons. The topological polar surface area (TPSA) is 60.7 Å². The van der Waals surface area contributed by atoms with E-state index in [1.807, 2.05) is 0 Å². The van der Waals surface area contributed by atoms with Gasteiger partial charge in [0.05, 0.1) is 18.3 Å². The molecule has 0 bridgehead atoms. The highest BCUT2D eigenvalue weighted by molar-refractivity contribution is 5.07. The van der Waals surface area contributed by atoms with E-state index in [9.17, 15) is 15.3 Å². The molecule has 140 valence electrons. The first-order chi connectivity index (χ1) is 11.3. The fraction of sp³-hybridized carbons (Fsp3) is 0.905. The fourth-order valence-corrected chi connectivity index (χ4v) is 4.39. The van der Waals surface area contributed by atoms with Gasteiger partial charge in [-0.15, -0.1) is 0 Å². The first-order valence-corrected chi connectivity index (χ1v) is 10.0. The summed E-state index contributed by atoms with van der Waals surface area (Å²) in [6, 6.07) is 0. The van der Waals surface area contributed by atoms with Gasteiger partial charge in [0.15, 0.2) is 0 Å². The van der Waals surface area contributed by atoms with Gasteiger partial charge in [-0.25, -0.2) is 0 Å². The largest absolute Gasteiger partial charge is 0.393 e. The summed E-state index contributed by atoms with van der Waals surface area (Å²) >= 11 is 0. The van der Waals surface area contributed by atoms with Crippen molar-refractivity contribution >= 4 is 0 Å². The van der Waals surface area contributed by atoms with Crippen LogP contribution in [0.25, 0.3) is 0 Å². The third-order valence-corrected chi connectivity index (χ3v) is 6.30. The van der Waals surface area contributed by atoms with Crippen molar-refractivity contribution in [3.8, 4) is 0 Å². The van der Waals surface area contributed by atoms with Crippen molar-refractivity contribution in [2.75, 3.05) is 0 Å². The zero-order chi connectivity index (χ0) is 17.7. The Morgan fingerprint density at radius 2 is 1.71 bits per heavy atom. The number of aliphatic hydroxyl groups is 3. The van der Waals surface area contributed by atoms with Crippen LogP contribution in [0.4, 0.5) is 0 Å². The average Bonchev–Trinajstić information content (AvgIpc) is 2.81. The molecule has 3 heteroatoms. The van der Waals surface area contributed by atoms with Gasteiger partial charge in [0.25, 0.3) is 0 Å². The third kappa shape index (κ3) is 5.57. The lowest BCUT2D eigenvalue weighted by Gasteiger charge is -2.33. The zero-order valence-electron chi connectivity index (χ0n) is 15.8. The molecule has 24 heavy (non-hydrogen) atoms. The van der Waals surface area contributed by atoms with E-state index in [1.165, 1.54) is 12.8 Å². The molecule has 0 heterocycles. The number of aliphatic hydroxyl groups excluding tert-OH is 3.